The summed E-state index contributed by atoms with van der Waals surface area (Å²) in [5, 5.41) is 2.75. The minimum Gasteiger partial charge on any atom is -0.493 e. The van der Waals surface area contributed by atoms with Crippen molar-refractivity contribution in [3.63, 3.8) is 0 Å². The van der Waals surface area contributed by atoms with E-state index in [1.54, 1.807) is 81.8 Å². The van der Waals surface area contributed by atoms with Crippen LogP contribution in [0.15, 0.2) is 72.8 Å². The lowest BCUT2D eigenvalue weighted by Crippen LogP contribution is -2.39. The molecular formula is C30H31N3O7. The Morgan fingerprint density at radius 3 is 2.25 bits per heavy atom. The van der Waals surface area contributed by atoms with E-state index in [0.29, 0.717) is 34.9 Å². The number of nitrogens with zero attached hydrogens (tertiary/aromatic N) is 2. The zero-order valence-electron chi connectivity index (χ0n) is 22.6. The van der Waals surface area contributed by atoms with Crippen LogP contribution in [0.1, 0.15) is 29.3 Å². The van der Waals surface area contributed by atoms with Gasteiger partial charge in [0.25, 0.3) is 5.91 Å². The van der Waals surface area contributed by atoms with Crippen molar-refractivity contribution in [1.29, 1.82) is 0 Å². The van der Waals surface area contributed by atoms with Crippen LogP contribution in [0, 0.1) is 0 Å². The molecule has 3 aromatic carbocycles. The molecule has 10 heteroatoms. The van der Waals surface area contributed by atoms with Crippen LogP contribution in [-0.4, -0.2) is 62.1 Å². The number of anilines is 2. The first-order chi connectivity index (χ1) is 19.4. The topological polar surface area (TPSA) is 114 Å². The van der Waals surface area contributed by atoms with Crippen molar-refractivity contribution in [3.05, 3.63) is 83.9 Å². The number of carbonyl (C=O) groups is 4. The van der Waals surface area contributed by atoms with Gasteiger partial charge in [0.2, 0.25) is 5.91 Å². The molecule has 0 spiro atoms. The van der Waals surface area contributed by atoms with Gasteiger partial charge >= 0.3 is 12.0 Å². The maximum atomic E-state index is 13.5. The molecule has 0 saturated carbocycles. The van der Waals surface area contributed by atoms with E-state index in [1.807, 2.05) is 12.1 Å². The SMILES string of the molecule is CCOC(=O)c1ccc(NC(=O)C[C@@H]2C(=O)N(c3ccccc3)C(=O)N2CCc2ccc(OC)c(OC)c2)cc1. The molecule has 0 unspecified atom stereocenters. The van der Waals surface area contributed by atoms with Gasteiger partial charge in [-0.15, -0.1) is 0 Å². The van der Waals surface area contributed by atoms with Crippen LogP contribution in [0.4, 0.5) is 16.2 Å². The summed E-state index contributed by atoms with van der Waals surface area (Å²) >= 11 is 0. The molecule has 1 heterocycles. The molecule has 1 aliphatic rings. The van der Waals surface area contributed by atoms with E-state index in [1.165, 1.54) is 4.90 Å². The minimum atomic E-state index is -0.994. The van der Waals surface area contributed by atoms with Gasteiger partial charge in [-0.2, -0.15) is 0 Å². The van der Waals surface area contributed by atoms with Crippen LogP contribution in [0.3, 0.4) is 0 Å². The lowest BCUT2D eigenvalue weighted by Gasteiger charge is -2.22. The van der Waals surface area contributed by atoms with Crippen LogP contribution >= 0.6 is 0 Å². The molecule has 0 radical (unpaired) electrons. The summed E-state index contributed by atoms with van der Waals surface area (Å²) in [6, 6.07) is 18.8. The van der Waals surface area contributed by atoms with Crippen LogP contribution in [0.2, 0.25) is 0 Å². The van der Waals surface area contributed by atoms with Gasteiger partial charge in [0.15, 0.2) is 11.5 Å². The Morgan fingerprint density at radius 2 is 1.60 bits per heavy atom. The van der Waals surface area contributed by atoms with E-state index in [0.717, 1.165) is 10.5 Å². The van der Waals surface area contributed by atoms with E-state index in [-0.39, 0.29) is 19.6 Å². The zero-order chi connectivity index (χ0) is 28.6. The Kier molecular flexibility index (Phi) is 9.00. The molecule has 1 fully saturated rings. The second-order valence-electron chi connectivity index (χ2n) is 8.99. The lowest BCUT2D eigenvalue weighted by atomic mass is 10.1. The van der Waals surface area contributed by atoms with Crippen molar-refractivity contribution in [3.8, 4) is 11.5 Å². The van der Waals surface area contributed by atoms with Crippen LogP contribution in [-0.2, 0) is 20.7 Å². The quantitative estimate of drug-likeness (QED) is 0.282. The van der Waals surface area contributed by atoms with Gasteiger partial charge in [-0.1, -0.05) is 24.3 Å². The number of methoxy groups -OCH3 is 2. The summed E-state index contributed by atoms with van der Waals surface area (Å²) in [6.45, 7) is 2.18. The highest BCUT2D eigenvalue weighted by Gasteiger charge is 2.46. The van der Waals surface area contributed by atoms with E-state index < -0.39 is 29.9 Å². The second kappa shape index (κ2) is 12.8. The van der Waals surface area contributed by atoms with E-state index in [4.69, 9.17) is 14.2 Å². The molecule has 1 atom stereocenters. The van der Waals surface area contributed by atoms with Gasteiger partial charge < -0.3 is 24.4 Å². The number of imide groups is 1. The number of esters is 1. The highest BCUT2D eigenvalue weighted by atomic mass is 16.5. The van der Waals surface area contributed by atoms with E-state index in [9.17, 15) is 19.2 Å². The standard InChI is InChI=1S/C30H31N3O7/c1-4-40-29(36)21-11-13-22(14-12-21)31-27(34)19-24-28(35)33(23-8-6-5-7-9-23)30(37)32(24)17-16-20-10-15-25(38-2)26(18-20)39-3/h5-15,18,24H,4,16-17,19H2,1-3H3,(H,31,34)/t24-/m1/s1. The van der Waals surface area contributed by atoms with Crippen LogP contribution in [0.5, 0.6) is 11.5 Å². The lowest BCUT2D eigenvalue weighted by molar-refractivity contribution is -0.124. The van der Waals surface area contributed by atoms with Gasteiger partial charge in [0.05, 0.1) is 38.5 Å². The fourth-order valence-electron chi connectivity index (χ4n) is 4.48. The summed E-state index contributed by atoms with van der Waals surface area (Å²) in [6.07, 6.45) is 0.189. The summed E-state index contributed by atoms with van der Waals surface area (Å²) in [4.78, 5) is 54.4. The first-order valence-electron chi connectivity index (χ1n) is 12.8. The Bertz CT molecular complexity index is 1380. The molecule has 40 heavy (non-hydrogen) atoms. The van der Waals surface area contributed by atoms with Crippen molar-refractivity contribution < 1.29 is 33.4 Å². The molecular weight excluding hydrogens is 514 g/mol. The largest absolute Gasteiger partial charge is 0.493 e. The van der Waals surface area contributed by atoms with Crippen molar-refractivity contribution in [2.24, 2.45) is 0 Å². The minimum absolute atomic E-state index is 0.204. The average molecular weight is 546 g/mol. The Hall–Kier alpha value is -4.86. The molecule has 1 aliphatic heterocycles. The maximum absolute atomic E-state index is 13.5. The van der Waals surface area contributed by atoms with Gasteiger partial charge in [0.1, 0.15) is 6.04 Å². The number of benzene rings is 3. The van der Waals surface area contributed by atoms with Gasteiger partial charge in [-0.05, 0) is 67.4 Å². The molecule has 208 valence electrons. The van der Waals surface area contributed by atoms with Crippen LogP contribution in [0.25, 0.3) is 0 Å². The smallest absolute Gasteiger partial charge is 0.338 e. The maximum Gasteiger partial charge on any atom is 0.338 e. The van der Waals surface area contributed by atoms with Crippen molar-refractivity contribution >= 4 is 35.2 Å². The molecule has 4 rings (SSSR count). The number of hydrogen-bond acceptors (Lipinski definition) is 7. The number of hydrogen-bond donors (Lipinski definition) is 1. The molecule has 3 aromatic rings. The Morgan fingerprint density at radius 1 is 0.900 bits per heavy atom. The number of amides is 4. The molecule has 0 aromatic heterocycles. The predicted molar refractivity (Wildman–Crippen MR) is 149 cm³/mol. The number of nitrogens with one attached hydrogen (secondary N) is 1. The van der Waals surface area contributed by atoms with Crippen molar-refractivity contribution in [2.75, 3.05) is 37.6 Å². The number of carbonyl (C=O) groups excluding carboxylic acids is 4. The van der Waals surface area contributed by atoms with Crippen molar-refractivity contribution in [1.82, 2.24) is 4.90 Å². The van der Waals surface area contributed by atoms with E-state index >= 15 is 0 Å². The Labute approximate surface area is 232 Å². The zero-order valence-corrected chi connectivity index (χ0v) is 22.6. The average Bonchev–Trinajstić information content (AvgIpc) is 3.20. The van der Waals surface area contributed by atoms with Crippen LogP contribution < -0.4 is 19.7 Å². The molecule has 0 bridgehead atoms. The normalized spacial score (nSPS) is 14.7. The summed E-state index contributed by atoms with van der Waals surface area (Å²) < 4.78 is 15.6. The number of para-hydroxylation sites is 1. The summed E-state index contributed by atoms with van der Waals surface area (Å²) in [5.74, 6) is -0.239. The van der Waals surface area contributed by atoms with Gasteiger partial charge in [-0.3, -0.25) is 9.59 Å². The third-order valence-corrected chi connectivity index (χ3v) is 6.48. The fraction of sp³-hybridized carbons (Fsp3) is 0.267. The number of rotatable bonds is 11. The second-order valence-corrected chi connectivity index (χ2v) is 8.99. The molecule has 1 saturated heterocycles. The van der Waals surface area contributed by atoms with Gasteiger partial charge in [0, 0.05) is 12.2 Å². The first kappa shape index (κ1) is 28.2. The molecule has 10 nitrogen and oxygen atoms in total. The molecule has 4 amide bonds. The third-order valence-electron chi connectivity index (χ3n) is 6.48. The number of urea groups is 1. The van der Waals surface area contributed by atoms with E-state index in [2.05, 4.69) is 5.32 Å². The number of ether oxygens (including phenoxy) is 3. The fourth-order valence-corrected chi connectivity index (χ4v) is 4.48. The van der Waals surface area contributed by atoms with Crippen molar-refractivity contribution in [2.45, 2.75) is 25.8 Å². The summed E-state index contributed by atoms with van der Waals surface area (Å²) in [7, 11) is 3.09. The third kappa shape index (κ3) is 6.23. The molecule has 0 aliphatic carbocycles. The molecule has 1 N–H and O–H groups in total. The monoisotopic (exact) mass is 545 g/mol. The highest BCUT2D eigenvalue weighted by molar-refractivity contribution is 6.22. The first-order valence-corrected chi connectivity index (χ1v) is 12.8. The predicted octanol–water partition coefficient (Wildman–Crippen LogP) is 4.29. The van der Waals surface area contributed by atoms with Gasteiger partial charge in [-0.25, -0.2) is 14.5 Å². The Balaban J connectivity index is 1.51. The summed E-state index contributed by atoms with van der Waals surface area (Å²) in [5.41, 5.74) is 2.12. The highest BCUT2D eigenvalue weighted by Crippen LogP contribution is 2.30.